The summed E-state index contributed by atoms with van der Waals surface area (Å²) in [5, 5.41) is 22.3. The van der Waals surface area contributed by atoms with Gasteiger partial charge in [0.15, 0.2) is 0 Å². The molecule has 0 saturated carbocycles. The second-order valence-electron chi connectivity index (χ2n) is 7.43. The van der Waals surface area contributed by atoms with Gasteiger partial charge < -0.3 is 19.8 Å². The maximum absolute atomic E-state index is 10.4. The van der Waals surface area contributed by atoms with Crippen molar-refractivity contribution in [2.24, 2.45) is 0 Å². The molecule has 4 rings (SSSR count). The molecule has 5 nitrogen and oxygen atoms in total. The number of ether oxygens (including phenoxy) is 1. The number of benzene rings is 3. The Balaban J connectivity index is 1.25. The number of anilines is 1. The second kappa shape index (κ2) is 9.03. The molecular formula is C23H25BrN2O3. The molecule has 1 unspecified atom stereocenters. The van der Waals surface area contributed by atoms with Gasteiger partial charge in [-0.25, -0.2) is 0 Å². The number of halogens is 1. The minimum absolute atomic E-state index is 0.273. The van der Waals surface area contributed by atoms with E-state index in [-0.39, 0.29) is 6.61 Å². The summed E-state index contributed by atoms with van der Waals surface area (Å²) in [6.07, 6.45) is -0.539. The van der Waals surface area contributed by atoms with Crippen LogP contribution in [0.4, 0.5) is 5.69 Å². The van der Waals surface area contributed by atoms with E-state index in [9.17, 15) is 10.2 Å². The van der Waals surface area contributed by atoms with Gasteiger partial charge >= 0.3 is 0 Å². The van der Waals surface area contributed by atoms with Gasteiger partial charge in [-0.05, 0) is 47.2 Å². The van der Waals surface area contributed by atoms with Crippen LogP contribution in [0.2, 0.25) is 0 Å². The van der Waals surface area contributed by atoms with Gasteiger partial charge in [0.25, 0.3) is 0 Å². The third-order valence-corrected chi connectivity index (χ3v) is 5.75. The third kappa shape index (κ3) is 5.21. The smallest absolute Gasteiger partial charge is 0.120 e. The van der Waals surface area contributed by atoms with Crippen molar-refractivity contribution in [2.75, 3.05) is 44.2 Å². The molecule has 1 saturated heterocycles. The second-order valence-corrected chi connectivity index (χ2v) is 8.34. The Kier molecular flexibility index (Phi) is 6.23. The standard InChI is InChI=1S/C23H25BrN2O3/c24-19-6-4-18-13-23(7-5-17(18)12-19)29-16-22(28)15-25-8-10-26(11-9-25)20-2-1-3-21(27)14-20/h1-7,12-14,22,27-28H,8-11,15-16H2. The van der Waals surface area contributed by atoms with Crippen LogP contribution in [0.3, 0.4) is 0 Å². The number of piperazine rings is 1. The first kappa shape index (κ1) is 20.0. The first-order chi connectivity index (χ1) is 14.1. The minimum atomic E-state index is -0.539. The van der Waals surface area contributed by atoms with Crippen molar-refractivity contribution >= 4 is 32.4 Å². The monoisotopic (exact) mass is 456 g/mol. The Labute approximate surface area is 179 Å². The van der Waals surface area contributed by atoms with Crippen molar-refractivity contribution in [2.45, 2.75) is 6.10 Å². The molecule has 6 heteroatoms. The van der Waals surface area contributed by atoms with E-state index in [1.54, 1.807) is 12.1 Å². The van der Waals surface area contributed by atoms with Gasteiger partial charge in [0.05, 0.1) is 0 Å². The van der Waals surface area contributed by atoms with Crippen molar-refractivity contribution in [3.63, 3.8) is 0 Å². The fourth-order valence-corrected chi connectivity index (χ4v) is 4.08. The van der Waals surface area contributed by atoms with Gasteiger partial charge in [-0.2, -0.15) is 0 Å². The van der Waals surface area contributed by atoms with Crippen LogP contribution in [0.25, 0.3) is 10.8 Å². The normalized spacial score (nSPS) is 16.1. The number of aliphatic hydroxyl groups excluding tert-OH is 1. The molecule has 0 bridgehead atoms. The zero-order valence-electron chi connectivity index (χ0n) is 16.2. The van der Waals surface area contributed by atoms with E-state index in [0.29, 0.717) is 12.3 Å². The topological polar surface area (TPSA) is 56.2 Å². The molecule has 0 spiro atoms. The van der Waals surface area contributed by atoms with E-state index < -0.39 is 6.10 Å². The number of hydrogen-bond acceptors (Lipinski definition) is 5. The number of aromatic hydroxyl groups is 1. The lowest BCUT2D eigenvalue weighted by molar-refractivity contribution is 0.0663. The third-order valence-electron chi connectivity index (χ3n) is 5.25. The molecule has 0 aromatic heterocycles. The summed E-state index contributed by atoms with van der Waals surface area (Å²) >= 11 is 3.48. The molecule has 1 aliphatic rings. The molecular weight excluding hydrogens is 432 g/mol. The van der Waals surface area contributed by atoms with E-state index in [1.807, 2.05) is 36.4 Å². The highest BCUT2D eigenvalue weighted by atomic mass is 79.9. The van der Waals surface area contributed by atoms with Gasteiger partial charge in [-0.1, -0.05) is 34.1 Å². The quantitative estimate of drug-likeness (QED) is 0.589. The maximum Gasteiger partial charge on any atom is 0.120 e. The fourth-order valence-electron chi connectivity index (χ4n) is 3.71. The maximum atomic E-state index is 10.4. The molecule has 1 atom stereocenters. The highest BCUT2D eigenvalue weighted by Gasteiger charge is 2.20. The summed E-state index contributed by atoms with van der Waals surface area (Å²) in [7, 11) is 0. The van der Waals surface area contributed by atoms with Crippen LogP contribution in [0.15, 0.2) is 65.1 Å². The van der Waals surface area contributed by atoms with Crippen molar-refractivity contribution in [1.82, 2.24) is 4.90 Å². The molecule has 1 fully saturated rings. The first-order valence-electron chi connectivity index (χ1n) is 9.83. The summed E-state index contributed by atoms with van der Waals surface area (Å²) in [5.41, 5.74) is 1.04. The molecule has 0 aliphatic carbocycles. The summed E-state index contributed by atoms with van der Waals surface area (Å²) in [6, 6.07) is 19.5. The summed E-state index contributed by atoms with van der Waals surface area (Å²) in [4.78, 5) is 4.51. The molecule has 0 radical (unpaired) electrons. The van der Waals surface area contributed by atoms with Crippen LogP contribution in [0.1, 0.15) is 0 Å². The summed E-state index contributed by atoms with van der Waals surface area (Å²) in [5.74, 6) is 1.06. The van der Waals surface area contributed by atoms with E-state index in [2.05, 4.69) is 37.9 Å². The van der Waals surface area contributed by atoms with Gasteiger partial charge in [0.2, 0.25) is 0 Å². The zero-order valence-corrected chi connectivity index (χ0v) is 17.8. The Morgan fingerprint density at radius 3 is 2.48 bits per heavy atom. The Hall–Kier alpha value is -2.28. The largest absolute Gasteiger partial charge is 0.508 e. The van der Waals surface area contributed by atoms with Crippen molar-refractivity contribution in [1.29, 1.82) is 0 Å². The SMILES string of the molecule is Oc1cccc(N2CCN(CC(O)COc3ccc4cc(Br)ccc4c3)CC2)c1. The molecule has 29 heavy (non-hydrogen) atoms. The summed E-state index contributed by atoms with van der Waals surface area (Å²) in [6.45, 7) is 4.35. The van der Waals surface area contributed by atoms with Crippen molar-refractivity contribution < 1.29 is 14.9 Å². The van der Waals surface area contributed by atoms with Gasteiger partial charge in [0.1, 0.15) is 24.2 Å². The summed E-state index contributed by atoms with van der Waals surface area (Å²) < 4.78 is 6.88. The van der Waals surface area contributed by atoms with E-state index in [0.717, 1.165) is 52.9 Å². The van der Waals surface area contributed by atoms with E-state index in [4.69, 9.17) is 4.74 Å². The van der Waals surface area contributed by atoms with Crippen LogP contribution in [-0.4, -0.2) is 60.5 Å². The fraction of sp³-hybridized carbons (Fsp3) is 0.304. The minimum Gasteiger partial charge on any atom is -0.508 e. The Morgan fingerprint density at radius 1 is 0.931 bits per heavy atom. The predicted octanol–water partition coefficient (Wildman–Crippen LogP) is 3.87. The lowest BCUT2D eigenvalue weighted by atomic mass is 10.1. The molecule has 3 aromatic rings. The van der Waals surface area contributed by atoms with Gasteiger partial charge in [-0.15, -0.1) is 0 Å². The molecule has 3 aromatic carbocycles. The van der Waals surface area contributed by atoms with Crippen LogP contribution >= 0.6 is 15.9 Å². The highest BCUT2D eigenvalue weighted by Crippen LogP contribution is 2.24. The number of nitrogens with zero attached hydrogens (tertiary/aromatic N) is 2. The Bertz CT molecular complexity index is 973. The van der Waals surface area contributed by atoms with Crippen LogP contribution < -0.4 is 9.64 Å². The van der Waals surface area contributed by atoms with Crippen molar-refractivity contribution in [3.8, 4) is 11.5 Å². The van der Waals surface area contributed by atoms with Crippen molar-refractivity contribution in [3.05, 3.63) is 65.1 Å². The Morgan fingerprint density at radius 2 is 1.69 bits per heavy atom. The van der Waals surface area contributed by atoms with Crippen LogP contribution in [-0.2, 0) is 0 Å². The zero-order chi connectivity index (χ0) is 20.2. The average Bonchev–Trinajstić information content (AvgIpc) is 2.73. The molecule has 1 heterocycles. The predicted molar refractivity (Wildman–Crippen MR) is 120 cm³/mol. The number of fused-ring (bicyclic) bond motifs is 1. The number of hydrogen-bond donors (Lipinski definition) is 2. The number of β-amino-alcohol motifs (C(OH)–C–C–N with tert-alkyl or cyclic N) is 1. The lowest BCUT2D eigenvalue weighted by Gasteiger charge is -2.36. The lowest BCUT2D eigenvalue weighted by Crippen LogP contribution is -2.49. The number of phenols is 1. The number of rotatable bonds is 6. The molecule has 1 aliphatic heterocycles. The highest BCUT2D eigenvalue weighted by molar-refractivity contribution is 9.10. The van der Waals surface area contributed by atoms with E-state index >= 15 is 0 Å². The van der Waals surface area contributed by atoms with Crippen LogP contribution in [0, 0.1) is 0 Å². The van der Waals surface area contributed by atoms with Crippen LogP contribution in [0.5, 0.6) is 11.5 Å². The molecule has 0 amide bonds. The van der Waals surface area contributed by atoms with Gasteiger partial charge in [-0.3, -0.25) is 4.90 Å². The average molecular weight is 457 g/mol. The number of phenolic OH excluding ortho intramolecular Hbond substituents is 1. The molecule has 152 valence electrons. The number of aliphatic hydroxyl groups is 1. The van der Waals surface area contributed by atoms with Gasteiger partial charge in [0, 0.05) is 49.0 Å². The first-order valence-corrected chi connectivity index (χ1v) is 10.6. The molecule has 2 N–H and O–H groups in total. The van der Waals surface area contributed by atoms with E-state index in [1.165, 1.54) is 0 Å².